The highest BCUT2D eigenvalue weighted by atomic mass is 35.5. The number of nitrogens with zero attached hydrogens (tertiary/aromatic N) is 8. The Hall–Kier alpha value is -6.80. The van der Waals surface area contributed by atoms with Gasteiger partial charge < -0.3 is 62.9 Å². The second-order valence-electron chi connectivity index (χ2n) is 41.6. The van der Waals surface area contributed by atoms with E-state index in [1.54, 1.807) is 121 Å². The van der Waals surface area contributed by atoms with E-state index in [1.807, 2.05) is 104 Å². The molecule has 0 saturated carbocycles. The number of halogens is 5. The average Bonchev–Trinajstić information content (AvgIpc) is 1.59. The molecule has 9 heterocycles. The van der Waals surface area contributed by atoms with Gasteiger partial charge in [0.1, 0.15) is 57.7 Å². The summed E-state index contributed by atoms with van der Waals surface area (Å²) >= 11 is 31.4. The zero-order valence-electron chi connectivity index (χ0n) is 78.9. The van der Waals surface area contributed by atoms with Gasteiger partial charge in [0, 0.05) is 47.8 Å². The van der Waals surface area contributed by atoms with Crippen LogP contribution in [-0.4, -0.2) is 214 Å². The van der Waals surface area contributed by atoms with E-state index < -0.39 is 103 Å². The molecule has 0 bridgehead atoms. The fourth-order valence-electron chi connectivity index (χ4n) is 15.4. The van der Waals surface area contributed by atoms with Gasteiger partial charge in [-0.25, -0.2) is 71.6 Å². The predicted molar refractivity (Wildman–Crippen MR) is 511 cm³/mol. The van der Waals surface area contributed by atoms with Crippen molar-refractivity contribution in [3.8, 4) is 5.75 Å². The number of phenols is 1. The summed E-state index contributed by atoms with van der Waals surface area (Å²) in [7, 11) is -14.8. The minimum Gasteiger partial charge on any atom is -0.504 e. The molecule has 4 N–H and O–H groups in total. The lowest BCUT2D eigenvalue weighted by Crippen LogP contribution is -2.50. The van der Waals surface area contributed by atoms with Crippen molar-refractivity contribution in [1.82, 2.24) is 44.9 Å². The molecular formula is C91H127Cl5N10O19S5. The molecule has 5 saturated heterocycles. The number of sulfone groups is 5. The van der Waals surface area contributed by atoms with Crippen LogP contribution < -0.4 is 11.1 Å². The molecule has 5 aliphatic rings. The third kappa shape index (κ3) is 22.3. The topological polar surface area (TPSA) is 399 Å². The van der Waals surface area contributed by atoms with Crippen molar-refractivity contribution >= 4 is 169 Å². The SMILES string of the molecule is CC(C)(C)OC(=O)N1CCC(C)(S(=O)(=O)c2c(Cl)ccc3nc(C(C)(C)C)oc23)CC1.CC(C)(C)OC(=O)N1CCC(S(=O)(=O)c2c(Cl)ccc3nc(C(C)(C)C)oc23)CC1.CC(C)(C)c1nc2ccc(Cl)c(S(=O)(=O)C3(C)CCNCC3)c2o1.CN1CCC(C)(S(=O)(=O)c2c(Cl)ccc(N)c2O)CC1.CN1CCC(C)(S(=O)(=O)c2c(Cl)ccc3nc(C(C)(C)C)oc23)CC1. The van der Waals surface area contributed by atoms with Crippen LogP contribution in [0.4, 0.5) is 15.3 Å². The fourth-order valence-corrected chi connectivity index (χ4v) is 27.3. The number of piperidine rings is 5. The molecule has 2 amide bonds. The number of hydrogen-bond donors (Lipinski definition) is 3. The molecule has 5 fully saturated rings. The van der Waals surface area contributed by atoms with Crippen LogP contribution in [0.3, 0.4) is 0 Å². The smallest absolute Gasteiger partial charge is 0.410 e. The maximum atomic E-state index is 13.8. The number of aromatic hydroxyl groups is 1. The molecule has 39 heteroatoms. The van der Waals surface area contributed by atoms with Crippen molar-refractivity contribution in [2.45, 2.75) is 298 Å². The number of likely N-dealkylation sites (tertiary alicyclic amines) is 4. The van der Waals surface area contributed by atoms with Crippen LogP contribution in [0.25, 0.3) is 44.4 Å². The van der Waals surface area contributed by atoms with Gasteiger partial charge in [-0.2, -0.15) is 0 Å². The van der Waals surface area contributed by atoms with Crippen molar-refractivity contribution in [3.63, 3.8) is 0 Å². The number of fused-ring (bicyclic) bond motifs is 4. The number of benzene rings is 5. The van der Waals surface area contributed by atoms with E-state index in [9.17, 15) is 56.8 Å². The predicted octanol–water partition coefficient (Wildman–Crippen LogP) is 19.9. The van der Waals surface area contributed by atoms with Crippen LogP contribution in [-0.2, 0) is 80.3 Å². The normalized spacial score (nSPS) is 18.4. The maximum absolute atomic E-state index is 13.8. The van der Waals surface area contributed by atoms with Gasteiger partial charge in [-0.3, -0.25) is 0 Å². The monoisotopic (exact) mass is 2000 g/mol. The molecule has 29 nitrogen and oxygen atoms in total. The van der Waals surface area contributed by atoms with E-state index in [0.29, 0.717) is 136 Å². The van der Waals surface area contributed by atoms with Gasteiger partial charge in [0.15, 0.2) is 77.3 Å². The number of nitrogens with one attached hydrogen (secondary N) is 1. The van der Waals surface area contributed by atoms with Crippen LogP contribution in [0.1, 0.15) is 240 Å². The van der Waals surface area contributed by atoms with Gasteiger partial charge in [-0.15, -0.1) is 0 Å². The molecule has 5 aliphatic heterocycles. The first-order valence-corrected chi connectivity index (χ1v) is 52.7. The number of hydrogen-bond acceptors (Lipinski definition) is 27. The van der Waals surface area contributed by atoms with E-state index in [0.717, 1.165) is 13.1 Å². The minimum atomic E-state index is -3.88. The Morgan fingerprint density at radius 3 is 0.931 bits per heavy atom. The zero-order chi connectivity index (χ0) is 97.4. The minimum absolute atomic E-state index is 0.0110. The summed E-state index contributed by atoms with van der Waals surface area (Å²) in [5.74, 6) is 1.47. The summed E-state index contributed by atoms with van der Waals surface area (Å²) in [5, 5.41) is 13.2. The van der Waals surface area contributed by atoms with Gasteiger partial charge in [0.25, 0.3) is 0 Å². The molecule has 0 radical (unpaired) electrons. The molecule has 4 aromatic heterocycles. The van der Waals surface area contributed by atoms with Gasteiger partial charge in [0.2, 0.25) is 23.6 Å². The Bertz CT molecular complexity index is 6310. The van der Waals surface area contributed by atoms with Gasteiger partial charge >= 0.3 is 12.2 Å². The van der Waals surface area contributed by atoms with Crippen LogP contribution >= 0.6 is 58.0 Å². The molecule has 9 aromatic rings. The number of amides is 2. The standard InChI is InChI=1S/C22H31ClN2O5S.C21H29ClN2O5S.C18H25ClN2O3S.C17H23ClN2O3S.C13H19ClN2O3S/c1-20(2,3)18-24-15-9-8-14(23)17(16(15)29-18)31(27,28)22(7)10-12-25(13-11-22)19(26)30-21(4,5)6;1-20(2,3)18-23-15-8-7-14(22)17(16(15)28-18)30(26,27)13-9-11-24(12-10-13)19(25)29-21(4,5)6;1-17(2,3)16-20-13-7-6-12(19)15(14(13)24-16)25(22,23)18(4)8-10-21(5)11-9-18;1-16(2,3)15-20-12-6-5-11(18)14(13(12)23-15)24(21,22)17(4)7-9-19-10-8-17;1-13(5-7-16(2)8-6-13)20(18,19)12-9(14)3-4-10(15)11(12)17/h8-9H,10-13H2,1-7H3;7-8,13H,9-12H2,1-6H3;6-7H,8-11H2,1-5H3;5-6,19H,7-10H2,1-4H3;3-4,17H,5-8,15H2,1-2H3. The highest BCUT2D eigenvalue weighted by molar-refractivity contribution is 7.94. The van der Waals surface area contributed by atoms with Crippen molar-refractivity contribution in [2.75, 3.05) is 85.3 Å². The number of nitrogen functional groups attached to an aromatic ring is 1. The van der Waals surface area contributed by atoms with Crippen molar-refractivity contribution in [3.05, 3.63) is 109 Å². The van der Waals surface area contributed by atoms with E-state index in [1.165, 1.54) is 12.1 Å². The number of ether oxygens (including phenoxy) is 2. The number of phenolic OH excluding ortho intramolecular Hbond substituents is 1. The van der Waals surface area contributed by atoms with E-state index >= 15 is 0 Å². The number of carbonyl (C=O) groups excluding carboxylic acids is 2. The van der Waals surface area contributed by atoms with Crippen LogP contribution in [0.15, 0.2) is 103 Å². The van der Waals surface area contributed by atoms with Crippen LogP contribution in [0.5, 0.6) is 5.75 Å². The fraction of sp³-hybridized carbons (Fsp3) is 0.604. The summed E-state index contributed by atoms with van der Waals surface area (Å²) in [6.45, 7) is 46.7. The number of oxazole rings is 4. The molecule has 0 atom stereocenters. The first kappa shape index (κ1) is 105. The first-order chi connectivity index (χ1) is 59.5. The number of rotatable bonds is 10. The van der Waals surface area contributed by atoms with Gasteiger partial charge in [-0.05, 0) is 247 Å². The summed E-state index contributed by atoms with van der Waals surface area (Å²) in [5.41, 5.74) is 5.95. The molecule has 130 heavy (non-hydrogen) atoms. The molecule has 0 spiro atoms. The third-order valence-corrected chi connectivity index (χ3v) is 39.3. The molecule has 0 unspecified atom stereocenters. The Labute approximate surface area is 790 Å². The molecule has 0 aliphatic carbocycles. The number of carbonyl (C=O) groups is 2. The van der Waals surface area contributed by atoms with Gasteiger partial charge in [-0.1, -0.05) is 141 Å². The average molecular weight is 2000 g/mol. The van der Waals surface area contributed by atoms with Crippen molar-refractivity contribution < 1.29 is 83.9 Å². The first-order valence-electron chi connectivity index (χ1n) is 43.4. The zero-order valence-corrected chi connectivity index (χ0v) is 86.7. The summed E-state index contributed by atoms with van der Waals surface area (Å²) < 4.78 is 165. The second kappa shape index (κ2) is 38.1. The Morgan fingerprint density at radius 2 is 0.638 bits per heavy atom. The van der Waals surface area contributed by atoms with Crippen molar-refractivity contribution in [1.29, 1.82) is 0 Å². The second-order valence-corrected chi connectivity index (χ2v) is 55.4. The highest BCUT2D eigenvalue weighted by Crippen LogP contribution is 2.49. The lowest BCUT2D eigenvalue weighted by molar-refractivity contribution is 0.0194. The number of aromatic nitrogens is 4. The van der Waals surface area contributed by atoms with E-state index in [2.05, 4.69) is 35.1 Å². The summed E-state index contributed by atoms with van der Waals surface area (Å²) in [6.07, 6.45) is 3.49. The van der Waals surface area contributed by atoms with E-state index in [4.69, 9.17) is 90.9 Å². The quantitative estimate of drug-likeness (QED) is 0.0845. The molecule has 14 rings (SSSR count). The highest BCUT2D eigenvalue weighted by Gasteiger charge is 2.51. The molecule has 720 valence electrons. The largest absolute Gasteiger partial charge is 0.504 e. The Balaban J connectivity index is 0.000000170. The van der Waals surface area contributed by atoms with Gasteiger partial charge in [0.05, 0.1) is 55.0 Å². The molecule has 5 aromatic carbocycles. The van der Waals surface area contributed by atoms with E-state index in [-0.39, 0.29) is 125 Å². The number of anilines is 1. The Morgan fingerprint density at radius 1 is 0.392 bits per heavy atom. The molecular weight excluding hydrogens is 1870 g/mol. The van der Waals surface area contributed by atoms with Crippen LogP contribution in [0, 0.1) is 0 Å². The third-order valence-electron chi connectivity index (χ3n) is 24.2. The lowest BCUT2D eigenvalue weighted by Gasteiger charge is -2.39. The summed E-state index contributed by atoms with van der Waals surface area (Å²) in [4.78, 5) is 49.7. The number of nitrogens with two attached hydrogens (primary N) is 1. The lowest BCUT2D eigenvalue weighted by atomic mass is 9.97. The van der Waals surface area contributed by atoms with Crippen LogP contribution in [0.2, 0.25) is 25.1 Å². The van der Waals surface area contributed by atoms with Crippen molar-refractivity contribution in [2.24, 2.45) is 0 Å². The Kier molecular flexibility index (Phi) is 30.8. The summed E-state index contributed by atoms with van der Waals surface area (Å²) in [6, 6.07) is 15.8. The maximum Gasteiger partial charge on any atom is 0.410 e.